The van der Waals surface area contributed by atoms with E-state index in [9.17, 15) is 13.2 Å². The highest BCUT2D eigenvalue weighted by molar-refractivity contribution is 7.89. The minimum atomic E-state index is -3.62. The van der Waals surface area contributed by atoms with Crippen molar-refractivity contribution in [3.8, 4) is 5.75 Å². The number of amides is 1. The maximum atomic E-state index is 12.8. The number of methoxy groups -OCH3 is 1. The average molecular weight is 417 g/mol. The van der Waals surface area contributed by atoms with Crippen molar-refractivity contribution in [1.29, 1.82) is 0 Å². The van der Waals surface area contributed by atoms with Gasteiger partial charge in [-0.15, -0.1) is 0 Å². The first kappa shape index (κ1) is 21.3. The number of rotatable bonds is 6. The Labute approximate surface area is 172 Å². The fraction of sp³-hybridized carbons (Fsp3) is 0.409. The van der Waals surface area contributed by atoms with Crippen LogP contribution in [0.1, 0.15) is 36.2 Å². The molecule has 0 radical (unpaired) electrons. The van der Waals surface area contributed by atoms with Gasteiger partial charge in [-0.05, 0) is 60.2 Å². The van der Waals surface area contributed by atoms with Gasteiger partial charge < -0.3 is 9.64 Å². The SMILES string of the molecule is COc1ccc(S(=O)(=O)NCc2ccc(C(=O)N3C[C@H](C)C[C@H](C)C3)cc2)cc1. The van der Waals surface area contributed by atoms with Crippen LogP contribution in [0.4, 0.5) is 0 Å². The van der Waals surface area contributed by atoms with Crippen LogP contribution in [-0.4, -0.2) is 39.4 Å². The van der Waals surface area contributed by atoms with Gasteiger partial charge in [0.2, 0.25) is 10.0 Å². The Hall–Kier alpha value is -2.38. The second-order valence-corrected chi connectivity index (χ2v) is 9.62. The second-order valence-electron chi connectivity index (χ2n) is 7.85. The summed E-state index contributed by atoms with van der Waals surface area (Å²) in [4.78, 5) is 14.9. The third kappa shape index (κ3) is 5.36. The number of hydrogen-bond acceptors (Lipinski definition) is 4. The smallest absolute Gasteiger partial charge is 0.253 e. The number of nitrogens with zero attached hydrogens (tertiary/aromatic N) is 1. The monoisotopic (exact) mass is 416 g/mol. The van der Waals surface area contributed by atoms with Crippen LogP contribution in [0.3, 0.4) is 0 Å². The number of sulfonamides is 1. The van der Waals surface area contributed by atoms with E-state index >= 15 is 0 Å². The van der Waals surface area contributed by atoms with Crippen LogP contribution in [0, 0.1) is 11.8 Å². The zero-order chi connectivity index (χ0) is 21.0. The van der Waals surface area contributed by atoms with E-state index in [-0.39, 0.29) is 17.3 Å². The third-order valence-electron chi connectivity index (χ3n) is 5.19. The molecule has 2 aromatic carbocycles. The summed E-state index contributed by atoms with van der Waals surface area (Å²) in [5.74, 6) is 1.65. The van der Waals surface area contributed by atoms with Crippen LogP contribution >= 0.6 is 0 Å². The number of ether oxygens (including phenoxy) is 1. The van der Waals surface area contributed by atoms with Gasteiger partial charge in [-0.3, -0.25) is 4.79 Å². The third-order valence-corrected chi connectivity index (χ3v) is 6.61. The summed E-state index contributed by atoms with van der Waals surface area (Å²) < 4.78 is 32.5. The largest absolute Gasteiger partial charge is 0.497 e. The van der Waals surface area contributed by atoms with E-state index in [1.807, 2.05) is 4.90 Å². The minimum absolute atomic E-state index is 0.0359. The van der Waals surface area contributed by atoms with Gasteiger partial charge >= 0.3 is 0 Å². The number of carbonyl (C=O) groups is 1. The van der Waals surface area contributed by atoms with Crippen molar-refractivity contribution < 1.29 is 17.9 Å². The van der Waals surface area contributed by atoms with Gasteiger partial charge in [0, 0.05) is 25.2 Å². The lowest BCUT2D eigenvalue weighted by molar-refractivity contribution is 0.0623. The van der Waals surface area contributed by atoms with Crippen LogP contribution in [-0.2, 0) is 16.6 Å². The Kier molecular flexibility index (Phi) is 6.59. The lowest BCUT2D eigenvalue weighted by Crippen LogP contribution is -2.42. The summed E-state index contributed by atoms with van der Waals surface area (Å²) in [5, 5.41) is 0. The lowest BCUT2D eigenvalue weighted by Gasteiger charge is -2.35. The first-order chi connectivity index (χ1) is 13.8. The predicted molar refractivity (Wildman–Crippen MR) is 112 cm³/mol. The van der Waals surface area contributed by atoms with E-state index in [4.69, 9.17) is 4.74 Å². The van der Waals surface area contributed by atoms with Crippen molar-refractivity contribution in [3.63, 3.8) is 0 Å². The molecule has 6 nitrogen and oxygen atoms in total. The molecule has 156 valence electrons. The van der Waals surface area contributed by atoms with Gasteiger partial charge in [-0.2, -0.15) is 0 Å². The number of nitrogens with one attached hydrogen (secondary N) is 1. The van der Waals surface area contributed by atoms with Crippen molar-refractivity contribution >= 4 is 15.9 Å². The fourth-order valence-electron chi connectivity index (χ4n) is 3.79. The molecule has 0 saturated carbocycles. The molecule has 1 amide bonds. The first-order valence-electron chi connectivity index (χ1n) is 9.80. The van der Waals surface area contributed by atoms with E-state index in [0.717, 1.165) is 25.1 Å². The quantitative estimate of drug-likeness (QED) is 0.784. The molecule has 1 saturated heterocycles. The van der Waals surface area contributed by atoms with Gasteiger partial charge in [-0.1, -0.05) is 26.0 Å². The molecule has 0 bridgehead atoms. The highest BCUT2D eigenvalue weighted by atomic mass is 32.2. The Morgan fingerprint density at radius 1 is 1.03 bits per heavy atom. The maximum absolute atomic E-state index is 12.8. The molecule has 1 aliphatic rings. The predicted octanol–water partition coefficient (Wildman–Crippen LogP) is 3.29. The molecule has 0 unspecified atom stereocenters. The molecule has 29 heavy (non-hydrogen) atoms. The van der Waals surface area contributed by atoms with E-state index < -0.39 is 10.0 Å². The molecule has 1 N–H and O–H groups in total. The summed E-state index contributed by atoms with van der Waals surface area (Å²) in [6.07, 6.45) is 1.15. The highest BCUT2D eigenvalue weighted by Gasteiger charge is 2.26. The molecule has 2 aromatic rings. The summed E-state index contributed by atoms with van der Waals surface area (Å²) in [7, 11) is -2.09. The maximum Gasteiger partial charge on any atom is 0.253 e. The summed E-state index contributed by atoms with van der Waals surface area (Å²) >= 11 is 0. The molecule has 1 aliphatic heterocycles. The van der Waals surface area contributed by atoms with Gasteiger partial charge in [-0.25, -0.2) is 13.1 Å². The van der Waals surface area contributed by atoms with Crippen LogP contribution in [0.5, 0.6) is 5.75 Å². The van der Waals surface area contributed by atoms with Crippen molar-refractivity contribution in [3.05, 3.63) is 59.7 Å². The minimum Gasteiger partial charge on any atom is -0.497 e. The Morgan fingerprint density at radius 2 is 1.62 bits per heavy atom. The summed E-state index contributed by atoms with van der Waals surface area (Å²) in [6.45, 7) is 6.07. The summed E-state index contributed by atoms with van der Waals surface area (Å²) in [6, 6.07) is 13.3. The molecule has 1 fully saturated rings. The lowest BCUT2D eigenvalue weighted by atomic mass is 9.91. The number of benzene rings is 2. The molecular formula is C22H28N2O4S. The molecular weight excluding hydrogens is 388 g/mol. The van der Waals surface area contributed by atoms with Gasteiger partial charge in [0.25, 0.3) is 5.91 Å². The van der Waals surface area contributed by atoms with Gasteiger partial charge in [0.1, 0.15) is 5.75 Å². The molecule has 2 atom stereocenters. The summed E-state index contributed by atoms with van der Waals surface area (Å²) in [5.41, 5.74) is 1.42. The highest BCUT2D eigenvalue weighted by Crippen LogP contribution is 2.22. The molecule has 1 heterocycles. The van der Waals surface area contributed by atoms with Crippen molar-refractivity contribution in [2.24, 2.45) is 11.8 Å². The number of hydrogen-bond donors (Lipinski definition) is 1. The van der Waals surface area contributed by atoms with E-state index in [0.29, 0.717) is 23.1 Å². The van der Waals surface area contributed by atoms with Crippen LogP contribution in [0.15, 0.2) is 53.4 Å². The number of likely N-dealkylation sites (tertiary alicyclic amines) is 1. The number of carbonyl (C=O) groups excluding carboxylic acids is 1. The van der Waals surface area contributed by atoms with E-state index in [1.165, 1.54) is 19.2 Å². The Balaban J connectivity index is 1.62. The van der Waals surface area contributed by atoms with Crippen LogP contribution < -0.4 is 9.46 Å². The van der Waals surface area contributed by atoms with Gasteiger partial charge in [0.15, 0.2) is 0 Å². The standard InChI is InChI=1S/C22H28N2O4S/c1-16-12-17(2)15-24(14-16)22(25)19-6-4-18(5-7-19)13-23-29(26,27)21-10-8-20(28-3)9-11-21/h4-11,16-17,23H,12-15H2,1-3H3/t16-,17+. The van der Waals surface area contributed by atoms with Crippen molar-refractivity contribution in [1.82, 2.24) is 9.62 Å². The molecule has 0 aliphatic carbocycles. The van der Waals surface area contributed by atoms with Crippen LogP contribution in [0.2, 0.25) is 0 Å². The second kappa shape index (κ2) is 8.97. The normalized spacial score (nSPS) is 19.8. The average Bonchev–Trinajstić information content (AvgIpc) is 2.71. The molecule has 0 aromatic heterocycles. The van der Waals surface area contributed by atoms with Gasteiger partial charge in [0.05, 0.1) is 12.0 Å². The zero-order valence-electron chi connectivity index (χ0n) is 17.1. The van der Waals surface area contributed by atoms with Crippen LogP contribution in [0.25, 0.3) is 0 Å². The van der Waals surface area contributed by atoms with Crippen molar-refractivity contribution in [2.75, 3.05) is 20.2 Å². The topological polar surface area (TPSA) is 75.7 Å². The molecule has 7 heteroatoms. The first-order valence-corrected chi connectivity index (χ1v) is 11.3. The van der Waals surface area contributed by atoms with E-state index in [2.05, 4.69) is 18.6 Å². The molecule has 3 rings (SSSR count). The fourth-order valence-corrected chi connectivity index (χ4v) is 4.81. The van der Waals surface area contributed by atoms with E-state index in [1.54, 1.807) is 36.4 Å². The number of piperidine rings is 1. The Bertz CT molecular complexity index is 930. The zero-order valence-corrected chi connectivity index (χ0v) is 17.9. The van der Waals surface area contributed by atoms with Crippen molar-refractivity contribution in [2.45, 2.75) is 31.7 Å². The molecule has 0 spiro atoms. The Morgan fingerprint density at radius 3 is 2.17 bits per heavy atom.